The molecule has 124 valence electrons. The summed E-state index contributed by atoms with van der Waals surface area (Å²) in [6.07, 6.45) is 0.808. The van der Waals surface area contributed by atoms with E-state index in [2.05, 4.69) is 26.1 Å². The normalized spacial score (nSPS) is 27.3. The minimum Gasteiger partial charge on any atom is -0.378 e. The lowest BCUT2D eigenvalue weighted by atomic mass is 9.56. The van der Waals surface area contributed by atoms with Gasteiger partial charge in [-0.2, -0.15) is 0 Å². The van der Waals surface area contributed by atoms with Crippen LogP contribution in [0.4, 0.5) is 0 Å². The van der Waals surface area contributed by atoms with E-state index in [1.54, 1.807) is 7.11 Å². The number of hydrogen-bond donors (Lipinski definition) is 2. The number of methoxy groups -OCH3 is 1. The van der Waals surface area contributed by atoms with Crippen LogP contribution in [0.25, 0.3) is 0 Å². The van der Waals surface area contributed by atoms with Crippen molar-refractivity contribution >= 4 is 18.3 Å². The molecule has 1 aromatic rings. The molecule has 1 saturated carbocycles. The quantitative estimate of drug-likeness (QED) is 0.894. The maximum atomic E-state index is 12.3. The van der Waals surface area contributed by atoms with Crippen LogP contribution in [0.3, 0.4) is 0 Å². The molecule has 0 heterocycles. The maximum absolute atomic E-state index is 12.3. The van der Waals surface area contributed by atoms with E-state index >= 15 is 0 Å². The molecule has 0 bridgehead atoms. The Morgan fingerprint density at radius 1 is 1.32 bits per heavy atom. The van der Waals surface area contributed by atoms with Crippen molar-refractivity contribution in [3.63, 3.8) is 0 Å². The molecule has 2 rings (SSSR count). The zero-order valence-electron chi connectivity index (χ0n) is 14.0. The number of aryl methyl sites for hydroxylation is 1. The molecule has 1 fully saturated rings. The number of carbonyl (C=O) groups excluding carboxylic acids is 1. The molecule has 22 heavy (non-hydrogen) atoms. The lowest BCUT2D eigenvalue weighted by Crippen LogP contribution is -2.69. The van der Waals surface area contributed by atoms with E-state index in [9.17, 15) is 4.79 Å². The summed E-state index contributed by atoms with van der Waals surface area (Å²) in [5.41, 5.74) is 7.75. The Morgan fingerprint density at radius 2 is 1.86 bits per heavy atom. The Balaban J connectivity index is 0.00000242. The SMILES string of the molecule is COC1(C)CC(NC(=O)C(N)c2ccc(C)cc2)C1(C)C.Cl. The first-order valence-electron chi connectivity index (χ1n) is 7.39. The number of nitrogens with two attached hydrogens (primary N) is 1. The molecular weight excluding hydrogens is 300 g/mol. The van der Waals surface area contributed by atoms with Gasteiger partial charge in [0.15, 0.2) is 0 Å². The van der Waals surface area contributed by atoms with E-state index in [4.69, 9.17) is 10.5 Å². The number of ether oxygens (including phenoxy) is 1. The van der Waals surface area contributed by atoms with Crippen LogP contribution < -0.4 is 11.1 Å². The van der Waals surface area contributed by atoms with Crippen molar-refractivity contribution in [3.05, 3.63) is 35.4 Å². The summed E-state index contributed by atoms with van der Waals surface area (Å²) in [5.74, 6) is -0.130. The van der Waals surface area contributed by atoms with Crippen LogP contribution in [0.5, 0.6) is 0 Å². The summed E-state index contributed by atoms with van der Waals surface area (Å²) >= 11 is 0. The zero-order chi connectivity index (χ0) is 15.8. The highest BCUT2D eigenvalue weighted by atomic mass is 35.5. The van der Waals surface area contributed by atoms with Gasteiger partial charge < -0.3 is 15.8 Å². The highest BCUT2D eigenvalue weighted by Gasteiger charge is 2.58. The summed E-state index contributed by atoms with van der Waals surface area (Å²) < 4.78 is 5.58. The van der Waals surface area contributed by atoms with Gasteiger partial charge in [-0.25, -0.2) is 0 Å². The molecule has 0 radical (unpaired) electrons. The van der Waals surface area contributed by atoms with Gasteiger partial charge in [-0.05, 0) is 25.8 Å². The number of amides is 1. The number of rotatable bonds is 4. The van der Waals surface area contributed by atoms with E-state index in [0.717, 1.165) is 17.5 Å². The Bertz CT molecular complexity index is 530. The van der Waals surface area contributed by atoms with E-state index in [-0.39, 0.29) is 35.4 Å². The molecule has 0 aromatic heterocycles. The molecule has 0 saturated heterocycles. The predicted octanol–water partition coefficient (Wildman–Crippen LogP) is 2.74. The van der Waals surface area contributed by atoms with E-state index in [1.807, 2.05) is 31.2 Å². The molecule has 3 unspecified atom stereocenters. The van der Waals surface area contributed by atoms with Crippen LogP contribution in [0.2, 0.25) is 0 Å². The molecule has 0 aliphatic heterocycles. The third-order valence-corrected chi connectivity index (χ3v) is 5.31. The largest absolute Gasteiger partial charge is 0.378 e. The van der Waals surface area contributed by atoms with E-state index in [0.29, 0.717) is 0 Å². The smallest absolute Gasteiger partial charge is 0.241 e. The molecule has 3 atom stereocenters. The van der Waals surface area contributed by atoms with Crippen molar-refractivity contribution in [2.24, 2.45) is 11.1 Å². The van der Waals surface area contributed by atoms with Gasteiger partial charge in [0.25, 0.3) is 0 Å². The van der Waals surface area contributed by atoms with Crippen LogP contribution >= 0.6 is 12.4 Å². The predicted molar refractivity (Wildman–Crippen MR) is 91.1 cm³/mol. The topological polar surface area (TPSA) is 64.3 Å². The third-order valence-electron chi connectivity index (χ3n) is 5.31. The summed E-state index contributed by atoms with van der Waals surface area (Å²) in [6, 6.07) is 7.22. The molecular formula is C17H27ClN2O2. The van der Waals surface area contributed by atoms with Crippen LogP contribution in [0.1, 0.15) is 44.4 Å². The minimum atomic E-state index is -0.629. The second kappa shape index (κ2) is 6.57. The first kappa shape index (κ1) is 18.9. The summed E-state index contributed by atoms with van der Waals surface area (Å²) in [5, 5.41) is 3.07. The maximum Gasteiger partial charge on any atom is 0.241 e. The molecule has 4 nitrogen and oxygen atoms in total. The molecule has 0 spiro atoms. The van der Waals surface area contributed by atoms with Crippen LogP contribution in [-0.2, 0) is 9.53 Å². The van der Waals surface area contributed by atoms with Gasteiger partial charge in [0.1, 0.15) is 6.04 Å². The van der Waals surface area contributed by atoms with Gasteiger partial charge in [-0.3, -0.25) is 4.79 Å². The number of halogens is 1. The van der Waals surface area contributed by atoms with Gasteiger partial charge in [0, 0.05) is 18.6 Å². The standard InChI is InChI=1S/C17H26N2O2.ClH/c1-11-6-8-12(9-7-11)14(18)15(20)19-13-10-17(4,21-5)16(13,2)3;/h6-9,13-14H,10,18H2,1-5H3,(H,19,20);1H. The van der Waals surface area contributed by atoms with Crippen molar-refractivity contribution in [2.75, 3.05) is 7.11 Å². The van der Waals surface area contributed by atoms with Crippen molar-refractivity contribution in [1.82, 2.24) is 5.32 Å². The first-order chi connectivity index (χ1) is 9.71. The van der Waals surface area contributed by atoms with Gasteiger partial charge in [0.2, 0.25) is 5.91 Å². The van der Waals surface area contributed by atoms with Gasteiger partial charge in [-0.15, -0.1) is 12.4 Å². The van der Waals surface area contributed by atoms with Gasteiger partial charge >= 0.3 is 0 Å². The molecule has 1 amide bonds. The van der Waals surface area contributed by atoms with Crippen LogP contribution in [0.15, 0.2) is 24.3 Å². The van der Waals surface area contributed by atoms with Gasteiger partial charge in [0.05, 0.1) is 5.60 Å². The lowest BCUT2D eigenvalue weighted by Gasteiger charge is -2.59. The highest BCUT2D eigenvalue weighted by Crippen LogP contribution is 2.51. The first-order valence-corrected chi connectivity index (χ1v) is 7.39. The van der Waals surface area contributed by atoms with Crippen molar-refractivity contribution in [3.8, 4) is 0 Å². The van der Waals surface area contributed by atoms with E-state index in [1.165, 1.54) is 0 Å². The number of benzene rings is 1. The average molecular weight is 327 g/mol. The van der Waals surface area contributed by atoms with Crippen molar-refractivity contribution < 1.29 is 9.53 Å². The van der Waals surface area contributed by atoms with Crippen molar-refractivity contribution in [1.29, 1.82) is 0 Å². The lowest BCUT2D eigenvalue weighted by molar-refractivity contribution is -0.182. The molecule has 1 aliphatic rings. The molecule has 3 N–H and O–H groups in total. The van der Waals surface area contributed by atoms with Gasteiger partial charge in [-0.1, -0.05) is 43.7 Å². The molecule has 1 aromatic carbocycles. The van der Waals surface area contributed by atoms with Crippen LogP contribution in [0, 0.1) is 12.3 Å². The van der Waals surface area contributed by atoms with E-state index < -0.39 is 6.04 Å². The fourth-order valence-electron chi connectivity index (χ4n) is 2.91. The second-order valence-corrected chi connectivity index (χ2v) is 6.81. The highest BCUT2D eigenvalue weighted by molar-refractivity contribution is 5.85. The molecule has 1 aliphatic carbocycles. The Morgan fingerprint density at radius 3 is 2.32 bits per heavy atom. The third kappa shape index (κ3) is 3.14. The number of carbonyl (C=O) groups is 1. The fraction of sp³-hybridized carbons (Fsp3) is 0.588. The second-order valence-electron chi connectivity index (χ2n) is 6.81. The molecule has 5 heteroatoms. The fourth-order valence-corrected chi connectivity index (χ4v) is 2.91. The average Bonchev–Trinajstić information content (AvgIpc) is 2.46. The Hall–Kier alpha value is -1.10. The summed E-state index contributed by atoms with van der Waals surface area (Å²) in [6.45, 7) is 8.32. The number of hydrogen-bond acceptors (Lipinski definition) is 3. The zero-order valence-corrected chi connectivity index (χ0v) is 14.8. The number of nitrogens with one attached hydrogen (secondary N) is 1. The van der Waals surface area contributed by atoms with Crippen LogP contribution in [-0.4, -0.2) is 24.7 Å². The summed E-state index contributed by atoms with van der Waals surface area (Å²) in [7, 11) is 1.72. The summed E-state index contributed by atoms with van der Waals surface area (Å²) in [4.78, 5) is 12.3. The minimum absolute atomic E-state index is 0. The Labute approximate surface area is 139 Å². The monoisotopic (exact) mass is 326 g/mol. The van der Waals surface area contributed by atoms with Crippen molar-refractivity contribution in [2.45, 2.75) is 51.8 Å². The Kier molecular flexibility index (Phi) is 5.66.